The molecule has 2 aromatic rings. The molecule has 1 atom stereocenters. The summed E-state index contributed by atoms with van der Waals surface area (Å²) in [6.45, 7) is 2.67. The van der Waals surface area contributed by atoms with E-state index in [2.05, 4.69) is 10.6 Å². The minimum Gasteiger partial charge on any atom is -0.383 e. The third kappa shape index (κ3) is 5.12. The van der Waals surface area contributed by atoms with Gasteiger partial charge in [0.1, 0.15) is 5.82 Å². The Hall–Kier alpha value is -3.46. The number of rotatable bonds is 8. The van der Waals surface area contributed by atoms with Gasteiger partial charge in [-0.05, 0) is 41.8 Å². The molecule has 9 heteroatoms. The predicted molar refractivity (Wildman–Crippen MR) is 110 cm³/mol. The van der Waals surface area contributed by atoms with Crippen molar-refractivity contribution in [3.8, 4) is 11.1 Å². The van der Waals surface area contributed by atoms with Gasteiger partial charge >= 0.3 is 0 Å². The number of hydrogen-bond donors (Lipinski definition) is 4. The molecule has 2 aromatic carbocycles. The molecule has 4 N–H and O–H groups in total. The summed E-state index contributed by atoms with van der Waals surface area (Å²) in [7, 11) is 2.60. The second-order valence-corrected chi connectivity index (χ2v) is 6.61. The van der Waals surface area contributed by atoms with Crippen LogP contribution in [0.3, 0.4) is 0 Å². The molecule has 0 aliphatic heterocycles. The number of nitrogens with one attached hydrogen (secondary N) is 3. The highest BCUT2D eigenvalue weighted by atomic mass is 19.1. The normalized spacial score (nSPS) is 11.4. The number of likely N-dealkylation sites (N-methyl/N-ethyl adjacent to an activating group) is 2. The van der Waals surface area contributed by atoms with Gasteiger partial charge in [-0.25, -0.2) is 9.87 Å². The van der Waals surface area contributed by atoms with Gasteiger partial charge in [0, 0.05) is 26.2 Å². The van der Waals surface area contributed by atoms with Gasteiger partial charge in [0.05, 0.1) is 5.69 Å². The van der Waals surface area contributed by atoms with Gasteiger partial charge in [-0.15, -0.1) is 0 Å². The molecule has 2 rings (SSSR count). The first-order valence-corrected chi connectivity index (χ1v) is 9.40. The Kier molecular flexibility index (Phi) is 7.88. The highest BCUT2D eigenvalue weighted by Crippen LogP contribution is 2.25. The molecule has 0 aliphatic rings. The monoisotopic (exact) mass is 416 g/mol. The van der Waals surface area contributed by atoms with Crippen molar-refractivity contribution < 1.29 is 24.0 Å². The fourth-order valence-corrected chi connectivity index (χ4v) is 2.89. The van der Waals surface area contributed by atoms with E-state index in [1.54, 1.807) is 24.3 Å². The van der Waals surface area contributed by atoms with Gasteiger partial charge in [-0.2, -0.15) is 0 Å². The predicted octanol–water partition coefficient (Wildman–Crippen LogP) is 2.01. The molecule has 8 nitrogen and oxygen atoms in total. The van der Waals surface area contributed by atoms with Crippen molar-refractivity contribution >= 4 is 23.4 Å². The third-order valence-electron chi connectivity index (χ3n) is 4.56. The standard InChI is InChI=1S/C21H25FN4O4/c1-4-11-24-17-10-9-15(12-16(17)22)13-5-7-14(8-6-13)21(29)26(3)18(19(27)23-2)20(28)25-30/h5-10,12,18,24,30H,4,11H2,1-3H3,(H,23,27)(H,25,28). The average Bonchev–Trinajstić information content (AvgIpc) is 2.77. The van der Waals surface area contributed by atoms with E-state index < -0.39 is 23.8 Å². The summed E-state index contributed by atoms with van der Waals surface area (Å²) >= 11 is 0. The van der Waals surface area contributed by atoms with E-state index in [9.17, 15) is 18.8 Å². The van der Waals surface area contributed by atoms with Crippen molar-refractivity contribution in [1.29, 1.82) is 0 Å². The summed E-state index contributed by atoms with van der Waals surface area (Å²) in [6.07, 6.45) is 0.881. The van der Waals surface area contributed by atoms with Gasteiger partial charge in [-0.3, -0.25) is 19.6 Å². The van der Waals surface area contributed by atoms with Crippen LogP contribution in [0.25, 0.3) is 11.1 Å². The molecule has 0 aromatic heterocycles. The Balaban J connectivity index is 2.22. The number of hydrogen-bond acceptors (Lipinski definition) is 5. The molecule has 0 aliphatic carbocycles. The van der Waals surface area contributed by atoms with Crippen LogP contribution in [0.4, 0.5) is 10.1 Å². The summed E-state index contributed by atoms with van der Waals surface area (Å²) in [5, 5.41) is 14.1. The van der Waals surface area contributed by atoms with Crippen LogP contribution < -0.4 is 16.1 Å². The molecule has 0 heterocycles. The lowest BCUT2D eigenvalue weighted by Gasteiger charge is -2.25. The van der Waals surface area contributed by atoms with E-state index in [1.807, 2.05) is 6.92 Å². The maximum Gasteiger partial charge on any atom is 0.275 e. The largest absolute Gasteiger partial charge is 0.383 e. The lowest BCUT2D eigenvalue weighted by molar-refractivity contribution is -0.140. The Morgan fingerprint density at radius 3 is 2.23 bits per heavy atom. The van der Waals surface area contributed by atoms with Crippen molar-refractivity contribution in [2.24, 2.45) is 0 Å². The number of hydroxylamine groups is 1. The maximum atomic E-state index is 14.3. The Labute approximate surface area is 174 Å². The molecule has 30 heavy (non-hydrogen) atoms. The van der Waals surface area contributed by atoms with E-state index >= 15 is 0 Å². The van der Waals surface area contributed by atoms with Crippen LogP contribution in [0.1, 0.15) is 23.7 Å². The van der Waals surface area contributed by atoms with Gasteiger partial charge in [-0.1, -0.05) is 25.1 Å². The molecule has 0 saturated carbocycles. The Bertz CT molecular complexity index is 902. The molecule has 3 amide bonds. The topological polar surface area (TPSA) is 111 Å². The van der Waals surface area contributed by atoms with E-state index in [1.165, 1.54) is 37.8 Å². The Morgan fingerprint density at radius 2 is 1.70 bits per heavy atom. The van der Waals surface area contributed by atoms with Crippen LogP contribution in [0.15, 0.2) is 42.5 Å². The van der Waals surface area contributed by atoms with Gasteiger partial charge in [0.25, 0.3) is 17.7 Å². The second kappa shape index (κ2) is 10.4. The summed E-state index contributed by atoms with van der Waals surface area (Å²) in [6, 6.07) is 9.65. The van der Waals surface area contributed by atoms with Crippen molar-refractivity contribution in [3.05, 3.63) is 53.8 Å². The first-order chi connectivity index (χ1) is 14.3. The fourth-order valence-electron chi connectivity index (χ4n) is 2.89. The molecule has 1 unspecified atom stereocenters. The smallest absolute Gasteiger partial charge is 0.275 e. The minimum absolute atomic E-state index is 0.225. The number of carbonyl (C=O) groups excluding carboxylic acids is 3. The Morgan fingerprint density at radius 1 is 1.07 bits per heavy atom. The fraction of sp³-hybridized carbons (Fsp3) is 0.286. The summed E-state index contributed by atoms with van der Waals surface area (Å²) in [5.41, 5.74) is 3.38. The molecule has 0 bridgehead atoms. The second-order valence-electron chi connectivity index (χ2n) is 6.61. The van der Waals surface area contributed by atoms with E-state index in [0.29, 0.717) is 23.4 Å². The number of carbonyl (C=O) groups is 3. The van der Waals surface area contributed by atoms with Crippen molar-refractivity contribution in [3.63, 3.8) is 0 Å². The first-order valence-electron chi connectivity index (χ1n) is 9.40. The zero-order valence-electron chi connectivity index (χ0n) is 17.0. The van der Waals surface area contributed by atoms with E-state index in [4.69, 9.17) is 5.21 Å². The highest BCUT2D eigenvalue weighted by Gasteiger charge is 2.33. The summed E-state index contributed by atoms with van der Waals surface area (Å²) in [5.74, 6) is -2.75. The number of nitrogens with zero attached hydrogens (tertiary/aromatic N) is 1. The van der Waals surface area contributed by atoms with Crippen LogP contribution >= 0.6 is 0 Å². The van der Waals surface area contributed by atoms with E-state index in [-0.39, 0.29) is 11.4 Å². The first kappa shape index (κ1) is 22.8. The van der Waals surface area contributed by atoms with Gasteiger partial charge in [0.2, 0.25) is 0 Å². The van der Waals surface area contributed by atoms with Crippen LogP contribution in [0.5, 0.6) is 0 Å². The van der Waals surface area contributed by atoms with E-state index in [0.717, 1.165) is 11.3 Å². The molecule has 0 radical (unpaired) electrons. The number of anilines is 1. The van der Waals surface area contributed by atoms with Crippen molar-refractivity contribution in [2.75, 3.05) is 26.0 Å². The van der Waals surface area contributed by atoms with Crippen molar-refractivity contribution in [2.45, 2.75) is 19.4 Å². The van der Waals surface area contributed by atoms with Crippen LogP contribution in [-0.4, -0.2) is 54.5 Å². The van der Waals surface area contributed by atoms with Crippen molar-refractivity contribution in [1.82, 2.24) is 15.7 Å². The van der Waals surface area contributed by atoms with Crippen LogP contribution in [0, 0.1) is 5.82 Å². The molecule has 0 spiro atoms. The van der Waals surface area contributed by atoms with Gasteiger partial charge < -0.3 is 15.5 Å². The van der Waals surface area contributed by atoms with Gasteiger partial charge in [0.15, 0.2) is 6.04 Å². The highest BCUT2D eigenvalue weighted by molar-refractivity contribution is 6.08. The lowest BCUT2D eigenvalue weighted by Crippen LogP contribution is -2.54. The zero-order valence-corrected chi connectivity index (χ0v) is 17.0. The molecular weight excluding hydrogens is 391 g/mol. The zero-order chi connectivity index (χ0) is 22.3. The molecule has 0 fully saturated rings. The van der Waals surface area contributed by atoms with Crippen LogP contribution in [0.2, 0.25) is 0 Å². The summed E-state index contributed by atoms with van der Waals surface area (Å²) < 4.78 is 14.3. The quantitative estimate of drug-likeness (QED) is 0.299. The average molecular weight is 416 g/mol. The summed E-state index contributed by atoms with van der Waals surface area (Å²) in [4.78, 5) is 37.3. The number of amides is 3. The number of benzene rings is 2. The maximum absolute atomic E-state index is 14.3. The lowest BCUT2D eigenvalue weighted by atomic mass is 10.0. The SMILES string of the molecule is CCCNc1ccc(-c2ccc(C(=O)N(C)C(C(=O)NC)C(=O)NO)cc2)cc1F. The number of halogens is 1. The molecule has 160 valence electrons. The minimum atomic E-state index is -1.54. The third-order valence-corrected chi connectivity index (χ3v) is 4.56. The molecular formula is C21H25FN4O4. The van der Waals surface area contributed by atoms with Crippen LogP contribution in [-0.2, 0) is 9.59 Å². The molecule has 0 saturated heterocycles.